The molecular weight excluding hydrogens is 270 g/mol. The lowest BCUT2D eigenvalue weighted by Gasteiger charge is -2.16. The quantitative estimate of drug-likeness (QED) is 0.819. The molecule has 0 spiro atoms. The van der Waals surface area contributed by atoms with E-state index in [0.717, 1.165) is 11.3 Å². The molecule has 0 amide bonds. The number of hydrogen-bond acceptors (Lipinski definition) is 5. The Morgan fingerprint density at radius 1 is 1.33 bits per heavy atom. The monoisotopic (exact) mass is 295 g/mol. The highest BCUT2D eigenvalue weighted by atomic mass is 16.5. The molecule has 0 radical (unpaired) electrons. The van der Waals surface area contributed by atoms with E-state index in [1.54, 1.807) is 26.3 Å². The first-order chi connectivity index (χ1) is 10.0. The van der Waals surface area contributed by atoms with E-state index in [-0.39, 0.29) is 12.4 Å². The van der Waals surface area contributed by atoms with Crippen molar-refractivity contribution in [2.24, 2.45) is 4.99 Å². The number of aliphatic hydroxyl groups is 1. The highest BCUT2D eigenvalue weighted by Crippen LogP contribution is 2.26. The molecule has 118 valence electrons. The van der Waals surface area contributed by atoms with Gasteiger partial charge in [0.1, 0.15) is 11.5 Å². The van der Waals surface area contributed by atoms with Crippen LogP contribution in [0.1, 0.15) is 33.3 Å². The third-order valence-corrected chi connectivity index (χ3v) is 2.80. The van der Waals surface area contributed by atoms with Gasteiger partial charge >= 0.3 is 0 Å². The van der Waals surface area contributed by atoms with Crippen molar-refractivity contribution < 1.29 is 19.4 Å². The third kappa shape index (κ3) is 5.55. The number of aliphatic imine (C=N–C) groups is 1. The number of hydrogen-bond donors (Lipinski definition) is 1. The highest BCUT2D eigenvalue weighted by Gasteiger charge is 2.16. The van der Waals surface area contributed by atoms with Crippen LogP contribution in [0.5, 0.6) is 11.5 Å². The maximum Gasteiger partial charge on any atom is 0.179 e. The van der Waals surface area contributed by atoms with Crippen molar-refractivity contribution in [3.63, 3.8) is 0 Å². The Labute approximate surface area is 126 Å². The molecule has 1 aromatic carbocycles. The summed E-state index contributed by atoms with van der Waals surface area (Å²) >= 11 is 0. The molecule has 0 fully saturated rings. The number of rotatable bonds is 6. The summed E-state index contributed by atoms with van der Waals surface area (Å²) in [6.45, 7) is 6.90. The van der Waals surface area contributed by atoms with Crippen molar-refractivity contribution in [2.45, 2.75) is 33.8 Å². The first kappa shape index (κ1) is 19.1. The normalized spacial score (nSPS) is 12.0. The Hall–Kier alpha value is -1.88. The number of Topliss-reactive ketones (excluding diaryl/α,β-unsaturated/α-hetero) is 1. The summed E-state index contributed by atoms with van der Waals surface area (Å²) in [6.07, 6.45) is -0.850. The van der Waals surface area contributed by atoms with E-state index in [9.17, 15) is 4.79 Å². The Morgan fingerprint density at radius 3 is 2.38 bits per heavy atom. The first-order valence-corrected chi connectivity index (χ1v) is 6.93. The molecule has 0 saturated carbocycles. The number of benzene rings is 1. The van der Waals surface area contributed by atoms with Gasteiger partial charge in [-0.3, -0.25) is 9.79 Å². The minimum Gasteiger partial charge on any atom is -0.496 e. The zero-order chi connectivity index (χ0) is 16.4. The lowest BCUT2D eigenvalue weighted by Crippen LogP contribution is -2.28. The van der Waals surface area contributed by atoms with Gasteiger partial charge in [-0.1, -0.05) is 13.8 Å². The number of ketones is 1. The molecule has 0 saturated heterocycles. The minimum absolute atomic E-state index is 0.225. The van der Waals surface area contributed by atoms with Crippen molar-refractivity contribution in [1.82, 2.24) is 0 Å². The molecule has 1 atom stereocenters. The van der Waals surface area contributed by atoms with E-state index < -0.39 is 6.10 Å². The second kappa shape index (κ2) is 9.94. The molecular formula is C16H25NO4. The average Bonchev–Trinajstić information content (AvgIpc) is 2.53. The first-order valence-electron chi connectivity index (χ1n) is 6.93. The minimum atomic E-state index is -0.850. The van der Waals surface area contributed by atoms with Gasteiger partial charge in [-0.05, 0) is 26.0 Å². The van der Waals surface area contributed by atoms with E-state index in [2.05, 4.69) is 4.99 Å². The van der Waals surface area contributed by atoms with Gasteiger partial charge in [0.15, 0.2) is 11.9 Å². The van der Waals surface area contributed by atoms with Crippen LogP contribution in [0, 0.1) is 0 Å². The molecule has 5 heteroatoms. The zero-order valence-electron chi connectivity index (χ0n) is 13.6. The predicted molar refractivity (Wildman–Crippen MR) is 84.7 cm³/mol. The van der Waals surface area contributed by atoms with E-state index in [0.29, 0.717) is 11.5 Å². The van der Waals surface area contributed by atoms with Crippen molar-refractivity contribution >= 4 is 11.5 Å². The van der Waals surface area contributed by atoms with Crippen LogP contribution in [0.3, 0.4) is 0 Å². The summed E-state index contributed by atoms with van der Waals surface area (Å²) in [5.41, 5.74) is 1.70. The number of carbonyl (C=O) groups excluding carboxylic acids is 1. The van der Waals surface area contributed by atoms with Gasteiger partial charge in [0.25, 0.3) is 0 Å². The fraction of sp³-hybridized carbons (Fsp3) is 0.500. The van der Waals surface area contributed by atoms with Gasteiger partial charge in [-0.25, -0.2) is 0 Å². The van der Waals surface area contributed by atoms with Gasteiger partial charge in [0.2, 0.25) is 0 Å². The van der Waals surface area contributed by atoms with Crippen LogP contribution in [0.4, 0.5) is 0 Å². The molecule has 0 bridgehead atoms. The van der Waals surface area contributed by atoms with Crippen LogP contribution in [-0.2, 0) is 4.79 Å². The molecule has 5 nitrogen and oxygen atoms in total. The molecule has 21 heavy (non-hydrogen) atoms. The summed E-state index contributed by atoms with van der Waals surface area (Å²) in [5.74, 6) is 0.858. The molecule has 1 N–H and O–H groups in total. The molecule has 0 aliphatic rings. The van der Waals surface area contributed by atoms with Gasteiger partial charge in [-0.2, -0.15) is 0 Å². The SMILES string of the molecule is CC.CN=C(C)c1ccc(O[C@@H](CO)C(C)=O)cc1OC. The van der Waals surface area contributed by atoms with Crippen LogP contribution in [0.15, 0.2) is 23.2 Å². The molecule has 0 aromatic heterocycles. The van der Waals surface area contributed by atoms with Crippen molar-refractivity contribution in [2.75, 3.05) is 20.8 Å². The largest absolute Gasteiger partial charge is 0.496 e. The van der Waals surface area contributed by atoms with Crippen molar-refractivity contribution in [3.8, 4) is 11.5 Å². The molecule has 0 unspecified atom stereocenters. The second-order valence-electron chi connectivity index (χ2n) is 4.07. The van der Waals surface area contributed by atoms with E-state index in [4.69, 9.17) is 14.6 Å². The fourth-order valence-corrected chi connectivity index (χ4v) is 1.58. The Morgan fingerprint density at radius 2 is 1.95 bits per heavy atom. The molecule has 0 aliphatic heterocycles. The number of methoxy groups -OCH3 is 1. The van der Waals surface area contributed by atoms with Crippen molar-refractivity contribution in [3.05, 3.63) is 23.8 Å². The van der Waals surface area contributed by atoms with Gasteiger partial charge < -0.3 is 14.6 Å². The van der Waals surface area contributed by atoms with E-state index in [1.165, 1.54) is 6.92 Å². The van der Waals surface area contributed by atoms with Crippen molar-refractivity contribution in [1.29, 1.82) is 0 Å². The number of ether oxygens (including phenoxy) is 2. The van der Waals surface area contributed by atoms with E-state index in [1.807, 2.05) is 26.8 Å². The topological polar surface area (TPSA) is 68.1 Å². The standard InChI is InChI=1S/C14H19NO4.C2H6/c1-9(15-3)12-6-5-11(7-13(12)18-4)19-14(8-16)10(2)17;1-2/h5-7,14,16H,8H2,1-4H3;1-2H3/t14-;/m0./s1. The van der Waals surface area contributed by atoms with Gasteiger partial charge in [0.05, 0.1) is 13.7 Å². The lowest BCUT2D eigenvalue weighted by atomic mass is 10.1. The highest BCUT2D eigenvalue weighted by molar-refractivity contribution is 6.01. The maximum absolute atomic E-state index is 11.2. The number of aliphatic hydroxyl groups excluding tert-OH is 1. The Bertz CT molecular complexity index is 483. The second-order valence-corrected chi connectivity index (χ2v) is 4.07. The Balaban J connectivity index is 0.00000191. The molecule has 1 aromatic rings. The Kier molecular flexibility index (Phi) is 9.05. The van der Waals surface area contributed by atoms with Crippen LogP contribution >= 0.6 is 0 Å². The summed E-state index contributed by atoms with van der Waals surface area (Å²) in [6, 6.07) is 5.21. The molecule has 0 aliphatic carbocycles. The lowest BCUT2D eigenvalue weighted by molar-refractivity contribution is -0.125. The average molecular weight is 295 g/mol. The third-order valence-electron chi connectivity index (χ3n) is 2.80. The summed E-state index contributed by atoms with van der Waals surface area (Å²) in [7, 11) is 3.26. The van der Waals surface area contributed by atoms with Gasteiger partial charge in [0, 0.05) is 24.4 Å². The van der Waals surface area contributed by atoms with E-state index >= 15 is 0 Å². The molecule has 0 heterocycles. The maximum atomic E-state index is 11.2. The number of nitrogens with zero attached hydrogens (tertiary/aromatic N) is 1. The van der Waals surface area contributed by atoms with Crippen LogP contribution < -0.4 is 9.47 Å². The number of carbonyl (C=O) groups is 1. The van der Waals surface area contributed by atoms with Crippen LogP contribution in [0.25, 0.3) is 0 Å². The van der Waals surface area contributed by atoms with Crippen LogP contribution in [0.2, 0.25) is 0 Å². The predicted octanol–water partition coefficient (Wildman–Crippen LogP) is 2.49. The van der Waals surface area contributed by atoms with Crippen LogP contribution in [-0.4, -0.2) is 43.5 Å². The summed E-state index contributed by atoms with van der Waals surface area (Å²) in [5, 5.41) is 9.07. The zero-order valence-corrected chi connectivity index (χ0v) is 13.6. The van der Waals surface area contributed by atoms with Gasteiger partial charge in [-0.15, -0.1) is 0 Å². The smallest absolute Gasteiger partial charge is 0.179 e. The summed E-state index contributed by atoms with van der Waals surface area (Å²) < 4.78 is 10.7. The molecule has 1 rings (SSSR count). The summed E-state index contributed by atoms with van der Waals surface area (Å²) in [4.78, 5) is 15.3. The fourth-order valence-electron chi connectivity index (χ4n) is 1.58.